The summed E-state index contributed by atoms with van der Waals surface area (Å²) in [6, 6.07) is 15.3. The van der Waals surface area contributed by atoms with E-state index in [0.29, 0.717) is 11.4 Å². The summed E-state index contributed by atoms with van der Waals surface area (Å²) in [5.74, 6) is 0.931. The van der Waals surface area contributed by atoms with Crippen molar-refractivity contribution in [3.05, 3.63) is 60.3 Å². The number of nitrogens with one attached hydrogen (secondary N) is 3. The number of aromatic nitrogens is 2. The van der Waals surface area contributed by atoms with E-state index in [-0.39, 0.29) is 41.5 Å². The Bertz CT molecular complexity index is 1200. The second-order valence-electron chi connectivity index (χ2n) is 10.5. The Labute approximate surface area is 200 Å². The van der Waals surface area contributed by atoms with Crippen LogP contribution in [0.2, 0.25) is 0 Å². The highest BCUT2D eigenvalue weighted by molar-refractivity contribution is 5.89. The summed E-state index contributed by atoms with van der Waals surface area (Å²) >= 11 is 0. The summed E-state index contributed by atoms with van der Waals surface area (Å²) in [5.41, 5.74) is 2.90. The molecule has 2 aromatic carbocycles. The van der Waals surface area contributed by atoms with Crippen molar-refractivity contribution < 1.29 is 9.90 Å². The van der Waals surface area contributed by atoms with E-state index < -0.39 is 0 Å². The molecule has 3 aromatic rings. The summed E-state index contributed by atoms with van der Waals surface area (Å²) < 4.78 is 0. The lowest BCUT2D eigenvalue weighted by Crippen LogP contribution is -2.48. The Balaban J connectivity index is 1.29. The number of fused-ring (bicyclic) bond motifs is 3. The first-order chi connectivity index (χ1) is 16.3. The van der Waals surface area contributed by atoms with Crippen LogP contribution in [0, 0.1) is 16.7 Å². The van der Waals surface area contributed by atoms with E-state index in [1.165, 1.54) is 6.42 Å². The van der Waals surface area contributed by atoms with Gasteiger partial charge in [0, 0.05) is 23.3 Å². The summed E-state index contributed by atoms with van der Waals surface area (Å²) in [5, 5.41) is 20.1. The number of aliphatic hydroxyl groups is 1. The number of anilines is 2. The van der Waals surface area contributed by atoms with E-state index in [0.717, 1.165) is 29.5 Å². The predicted octanol–water partition coefficient (Wildman–Crippen LogP) is 5.11. The monoisotopic (exact) mass is 459 g/mol. The fraction of sp³-hybridized carbons (Fsp3) is 0.444. The lowest BCUT2D eigenvalue weighted by molar-refractivity contribution is 0.125. The molecule has 1 heterocycles. The van der Waals surface area contributed by atoms with Gasteiger partial charge in [0.2, 0.25) is 5.95 Å². The van der Waals surface area contributed by atoms with Gasteiger partial charge in [0.1, 0.15) is 0 Å². The van der Waals surface area contributed by atoms with Gasteiger partial charge in [0.15, 0.2) is 0 Å². The Morgan fingerprint density at radius 1 is 1.18 bits per heavy atom. The number of carbonyl (C=O) groups is 1. The third kappa shape index (κ3) is 3.88. The Kier molecular flexibility index (Phi) is 5.68. The van der Waals surface area contributed by atoms with Crippen molar-refractivity contribution in [2.75, 3.05) is 17.2 Å². The number of amides is 2. The van der Waals surface area contributed by atoms with Crippen LogP contribution in [0.1, 0.15) is 51.6 Å². The minimum Gasteiger partial charge on any atom is -0.394 e. The van der Waals surface area contributed by atoms with Crippen molar-refractivity contribution in [1.29, 1.82) is 0 Å². The van der Waals surface area contributed by atoms with Gasteiger partial charge in [-0.3, -0.25) is 5.32 Å². The fourth-order valence-electron chi connectivity index (χ4n) is 6.01. The van der Waals surface area contributed by atoms with E-state index in [1.54, 1.807) is 6.20 Å². The van der Waals surface area contributed by atoms with Crippen molar-refractivity contribution >= 4 is 28.6 Å². The van der Waals surface area contributed by atoms with Gasteiger partial charge < -0.3 is 15.7 Å². The molecule has 4 N–H and O–H groups in total. The highest BCUT2D eigenvalue weighted by atomic mass is 16.3. The SMILES string of the molecule is CC1(C)[C@@H]2CC[C@@]1(C)[C@@H](NC(=O)Nc1ncc3ccc(NC(CO)c4ccccc4)cc3n1)C2. The molecule has 0 spiro atoms. The summed E-state index contributed by atoms with van der Waals surface area (Å²) in [7, 11) is 0. The van der Waals surface area contributed by atoms with Crippen LogP contribution < -0.4 is 16.0 Å². The lowest BCUT2D eigenvalue weighted by atomic mass is 9.69. The molecule has 0 radical (unpaired) electrons. The van der Waals surface area contributed by atoms with E-state index in [1.807, 2.05) is 48.5 Å². The minimum absolute atomic E-state index is 0.0312. The molecule has 7 heteroatoms. The molecule has 5 rings (SSSR count). The number of benzene rings is 2. The van der Waals surface area contributed by atoms with Crippen molar-refractivity contribution in [2.24, 2.45) is 16.7 Å². The molecular formula is C27H33N5O2. The average Bonchev–Trinajstić information content (AvgIpc) is 3.16. The first-order valence-corrected chi connectivity index (χ1v) is 12.1. The number of urea groups is 1. The zero-order valence-electron chi connectivity index (χ0n) is 20.0. The van der Waals surface area contributed by atoms with Gasteiger partial charge in [-0.15, -0.1) is 0 Å². The van der Waals surface area contributed by atoms with Crippen LogP contribution >= 0.6 is 0 Å². The highest BCUT2D eigenvalue weighted by Crippen LogP contribution is 2.65. The fourth-order valence-corrected chi connectivity index (χ4v) is 6.01. The van der Waals surface area contributed by atoms with Crippen LogP contribution in [0.15, 0.2) is 54.7 Å². The molecule has 2 aliphatic carbocycles. The maximum absolute atomic E-state index is 12.8. The maximum Gasteiger partial charge on any atom is 0.321 e. The zero-order valence-corrected chi connectivity index (χ0v) is 20.0. The molecule has 2 bridgehead atoms. The smallest absolute Gasteiger partial charge is 0.321 e. The topological polar surface area (TPSA) is 99.2 Å². The number of hydrogen-bond acceptors (Lipinski definition) is 5. The first kappa shape index (κ1) is 22.6. The predicted molar refractivity (Wildman–Crippen MR) is 135 cm³/mol. The molecule has 2 saturated carbocycles. The number of carbonyl (C=O) groups excluding carboxylic acids is 1. The van der Waals surface area contributed by atoms with Crippen molar-refractivity contribution in [3.8, 4) is 0 Å². The van der Waals surface area contributed by atoms with Gasteiger partial charge in [-0.2, -0.15) is 0 Å². The average molecular weight is 460 g/mol. The Morgan fingerprint density at radius 2 is 1.97 bits per heavy atom. The summed E-state index contributed by atoms with van der Waals surface area (Å²) in [4.78, 5) is 21.7. The molecule has 0 saturated heterocycles. The van der Waals surface area contributed by atoms with Gasteiger partial charge in [0.25, 0.3) is 0 Å². The number of hydrogen-bond donors (Lipinski definition) is 4. The van der Waals surface area contributed by atoms with Gasteiger partial charge in [-0.1, -0.05) is 51.1 Å². The third-order valence-corrected chi connectivity index (χ3v) is 8.63. The Hall–Kier alpha value is -3.19. The normalized spacial score (nSPS) is 25.8. The summed E-state index contributed by atoms with van der Waals surface area (Å²) in [6.07, 6.45) is 5.13. The molecule has 2 amide bonds. The van der Waals surface area contributed by atoms with Gasteiger partial charge >= 0.3 is 6.03 Å². The Morgan fingerprint density at radius 3 is 2.65 bits per heavy atom. The first-order valence-electron chi connectivity index (χ1n) is 12.1. The molecule has 178 valence electrons. The quantitative estimate of drug-likeness (QED) is 0.410. The van der Waals surface area contributed by atoms with Crippen LogP contribution in [0.3, 0.4) is 0 Å². The standard InChI is InChI=1S/C27H33N5O2/c1-26(2)19-11-12-27(26,3)23(13-19)31-25(34)32-24-28-15-18-9-10-20(14-21(18)30-24)29-22(16-33)17-7-5-4-6-8-17/h4-10,14-15,19,22-23,29,33H,11-13,16H2,1-3H3,(H2,28,30,31,32,34)/t19-,22?,23+,27+/m1/s1. The van der Waals surface area contributed by atoms with E-state index >= 15 is 0 Å². The molecule has 1 aromatic heterocycles. The molecule has 2 fully saturated rings. The molecule has 2 aliphatic rings. The number of nitrogens with zero attached hydrogens (tertiary/aromatic N) is 2. The van der Waals surface area contributed by atoms with Gasteiger partial charge in [-0.25, -0.2) is 14.8 Å². The van der Waals surface area contributed by atoms with E-state index in [2.05, 4.69) is 46.7 Å². The van der Waals surface area contributed by atoms with Crippen LogP contribution in [0.5, 0.6) is 0 Å². The molecular weight excluding hydrogens is 426 g/mol. The van der Waals surface area contributed by atoms with Crippen molar-refractivity contribution in [1.82, 2.24) is 15.3 Å². The van der Waals surface area contributed by atoms with Gasteiger partial charge in [0.05, 0.1) is 18.2 Å². The molecule has 7 nitrogen and oxygen atoms in total. The second-order valence-corrected chi connectivity index (χ2v) is 10.5. The zero-order chi connectivity index (χ0) is 23.9. The minimum atomic E-state index is -0.257. The molecule has 4 atom stereocenters. The molecule has 0 aliphatic heterocycles. The van der Waals surface area contributed by atoms with Crippen molar-refractivity contribution in [3.63, 3.8) is 0 Å². The van der Waals surface area contributed by atoms with Crippen LogP contribution in [0.4, 0.5) is 16.4 Å². The van der Waals surface area contributed by atoms with Crippen LogP contribution in [0.25, 0.3) is 10.9 Å². The number of aliphatic hydroxyl groups excluding tert-OH is 1. The second kappa shape index (κ2) is 8.55. The van der Waals surface area contributed by atoms with E-state index in [4.69, 9.17) is 0 Å². The largest absolute Gasteiger partial charge is 0.394 e. The highest BCUT2D eigenvalue weighted by Gasteiger charge is 2.61. The lowest BCUT2D eigenvalue weighted by Gasteiger charge is -2.39. The number of rotatable bonds is 6. The van der Waals surface area contributed by atoms with Crippen LogP contribution in [-0.2, 0) is 0 Å². The third-order valence-electron chi connectivity index (χ3n) is 8.63. The molecule has 1 unspecified atom stereocenters. The maximum atomic E-state index is 12.8. The van der Waals surface area contributed by atoms with Crippen molar-refractivity contribution in [2.45, 2.75) is 52.1 Å². The van der Waals surface area contributed by atoms with Gasteiger partial charge in [-0.05, 0) is 59.8 Å². The molecule has 34 heavy (non-hydrogen) atoms. The van der Waals surface area contributed by atoms with E-state index in [9.17, 15) is 9.90 Å². The van der Waals surface area contributed by atoms with Crippen LogP contribution in [-0.4, -0.2) is 33.8 Å². The summed E-state index contributed by atoms with van der Waals surface area (Å²) in [6.45, 7) is 6.94.